The number of benzene rings is 2. The number of alkyl halides is 3. The highest BCUT2D eigenvalue weighted by Gasteiger charge is 2.33. The second-order valence-electron chi connectivity index (χ2n) is 10.1. The lowest BCUT2D eigenvalue weighted by Gasteiger charge is -2.33. The van der Waals surface area contributed by atoms with Crippen LogP contribution in [0.4, 0.5) is 13.2 Å². The van der Waals surface area contributed by atoms with Crippen LogP contribution in [0.3, 0.4) is 0 Å². The van der Waals surface area contributed by atoms with Gasteiger partial charge in [0, 0.05) is 29.8 Å². The summed E-state index contributed by atoms with van der Waals surface area (Å²) in [6.45, 7) is -0.939. The summed E-state index contributed by atoms with van der Waals surface area (Å²) < 4.78 is 48.5. The van der Waals surface area contributed by atoms with Crippen molar-refractivity contribution in [3.63, 3.8) is 0 Å². The molecule has 1 amide bonds. The van der Waals surface area contributed by atoms with Crippen LogP contribution in [0.15, 0.2) is 36.4 Å². The van der Waals surface area contributed by atoms with Gasteiger partial charge in [-0.1, -0.05) is 56.4 Å². The Morgan fingerprint density at radius 3 is 2.53 bits per heavy atom. The first-order valence-electron chi connectivity index (χ1n) is 12.9. The Labute approximate surface area is 222 Å². The molecule has 0 unspecified atom stereocenters. The number of fused-ring (bicyclic) bond motifs is 1. The molecule has 10 heteroatoms. The summed E-state index contributed by atoms with van der Waals surface area (Å²) in [6, 6.07) is 10.5. The molecular weight excluding hydrogens is 517 g/mol. The first-order valence-corrected chi connectivity index (χ1v) is 13.7. The van der Waals surface area contributed by atoms with Gasteiger partial charge in [-0.05, 0) is 29.9 Å². The third kappa shape index (κ3) is 6.11. The van der Waals surface area contributed by atoms with Gasteiger partial charge >= 0.3 is 6.18 Å². The molecule has 0 spiro atoms. The van der Waals surface area contributed by atoms with Crippen molar-refractivity contribution in [3.05, 3.63) is 47.1 Å². The van der Waals surface area contributed by atoms with Gasteiger partial charge in [-0.25, -0.2) is 4.98 Å². The van der Waals surface area contributed by atoms with Crippen molar-refractivity contribution in [1.82, 2.24) is 10.3 Å². The first kappa shape index (κ1) is 26.5. The van der Waals surface area contributed by atoms with Crippen LogP contribution in [-0.4, -0.2) is 42.3 Å². The summed E-state index contributed by atoms with van der Waals surface area (Å²) in [6.07, 6.45) is 3.10. The van der Waals surface area contributed by atoms with Crippen molar-refractivity contribution < 1.29 is 32.2 Å². The number of hydrogen-bond acceptors (Lipinski definition) is 6. The highest BCUT2D eigenvalue weighted by Crippen LogP contribution is 2.41. The van der Waals surface area contributed by atoms with E-state index in [2.05, 4.69) is 5.32 Å². The predicted molar refractivity (Wildman–Crippen MR) is 138 cm³/mol. The van der Waals surface area contributed by atoms with Crippen molar-refractivity contribution in [2.75, 3.05) is 6.61 Å². The van der Waals surface area contributed by atoms with Crippen LogP contribution in [0, 0.1) is 5.92 Å². The molecule has 202 valence electrons. The van der Waals surface area contributed by atoms with E-state index in [4.69, 9.17) is 14.5 Å². The van der Waals surface area contributed by atoms with Crippen molar-refractivity contribution in [2.24, 2.45) is 5.92 Å². The second-order valence-corrected chi connectivity index (χ2v) is 11.1. The molecule has 2 aliphatic rings. The molecule has 3 aromatic rings. The maximum absolute atomic E-state index is 13.1. The molecule has 6 nitrogen and oxygen atoms in total. The quantitative estimate of drug-likeness (QED) is 0.312. The second kappa shape index (κ2) is 11.3. The number of carbonyl (C=O) groups is 2. The Morgan fingerprint density at radius 2 is 1.82 bits per heavy atom. The zero-order valence-electron chi connectivity index (χ0n) is 20.8. The molecular formula is C28H29F3N2O4S. The van der Waals surface area contributed by atoms with Crippen molar-refractivity contribution >= 4 is 34.5 Å². The van der Waals surface area contributed by atoms with Gasteiger partial charge in [-0.15, -0.1) is 11.3 Å². The van der Waals surface area contributed by atoms with Crippen molar-refractivity contribution in [1.29, 1.82) is 0 Å². The zero-order valence-corrected chi connectivity index (χ0v) is 21.6. The maximum atomic E-state index is 13.1. The Hall–Kier alpha value is -3.14. The molecule has 0 bridgehead atoms. The fourth-order valence-corrected chi connectivity index (χ4v) is 6.37. The number of halogens is 3. The van der Waals surface area contributed by atoms with E-state index in [-0.39, 0.29) is 23.8 Å². The van der Waals surface area contributed by atoms with Gasteiger partial charge < -0.3 is 14.8 Å². The van der Waals surface area contributed by atoms with Crippen LogP contribution in [0.2, 0.25) is 0 Å². The maximum Gasteiger partial charge on any atom is 0.422 e. The molecule has 38 heavy (non-hydrogen) atoms. The van der Waals surface area contributed by atoms with Crippen LogP contribution in [-0.2, 0) is 16.0 Å². The summed E-state index contributed by atoms with van der Waals surface area (Å²) in [7, 11) is 0. The van der Waals surface area contributed by atoms with E-state index >= 15 is 0 Å². The standard InChI is InChI=1S/C28H29F3N2O4S/c29-28(30,31)15-36-24-11-10-22(20-8-4-5-9-21(20)24)25-23(12-17-6-2-1-3-7-17)33-27(38-25)26(35)32-18-13-19(14-18)37-16-34/h4-5,8-11,16-19H,1-3,6-7,12-15H2,(H,32,35)/t18-,19-. The summed E-state index contributed by atoms with van der Waals surface area (Å²) in [5.41, 5.74) is 1.67. The number of rotatable bonds is 9. The Morgan fingerprint density at radius 1 is 1.08 bits per heavy atom. The minimum Gasteiger partial charge on any atom is -0.483 e. The lowest BCUT2D eigenvalue weighted by molar-refractivity contribution is -0.153. The highest BCUT2D eigenvalue weighted by atomic mass is 32.1. The van der Waals surface area contributed by atoms with Gasteiger partial charge in [0.25, 0.3) is 12.4 Å². The van der Waals surface area contributed by atoms with Gasteiger partial charge in [0.1, 0.15) is 11.9 Å². The highest BCUT2D eigenvalue weighted by molar-refractivity contribution is 7.17. The molecule has 0 radical (unpaired) electrons. The van der Waals surface area contributed by atoms with E-state index in [0.29, 0.717) is 35.6 Å². The zero-order chi connectivity index (χ0) is 26.7. The van der Waals surface area contributed by atoms with Crippen molar-refractivity contribution in [3.8, 4) is 16.2 Å². The molecule has 2 aliphatic carbocycles. The minimum absolute atomic E-state index is 0.0764. The number of ether oxygens (including phenoxy) is 2. The largest absolute Gasteiger partial charge is 0.483 e. The third-order valence-corrected chi connectivity index (χ3v) is 8.43. The van der Waals surface area contributed by atoms with Crippen LogP contribution in [0.25, 0.3) is 21.2 Å². The molecule has 1 heterocycles. The molecule has 0 saturated heterocycles. The van der Waals surface area contributed by atoms with Crippen LogP contribution in [0.5, 0.6) is 5.75 Å². The van der Waals surface area contributed by atoms with Crippen molar-refractivity contribution in [2.45, 2.75) is 69.7 Å². The fourth-order valence-electron chi connectivity index (χ4n) is 5.34. The smallest absolute Gasteiger partial charge is 0.422 e. The number of nitrogens with one attached hydrogen (secondary N) is 1. The monoisotopic (exact) mass is 546 g/mol. The summed E-state index contributed by atoms with van der Waals surface area (Å²) in [5.74, 6) is 0.374. The third-order valence-electron chi connectivity index (χ3n) is 7.30. The van der Waals surface area contributed by atoms with Gasteiger partial charge in [0.15, 0.2) is 11.6 Å². The molecule has 0 aliphatic heterocycles. The summed E-state index contributed by atoms with van der Waals surface area (Å²) in [5, 5.41) is 4.66. The average molecular weight is 547 g/mol. The number of nitrogens with zero attached hydrogens (tertiary/aromatic N) is 1. The minimum atomic E-state index is -4.44. The molecule has 1 N–H and O–H groups in total. The number of carbonyl (C=O) groups excluding carboxylic acids is 2. The lowest BCUT2D eigenvalue weighted by Crippen LogP contribution is -2.47. The predicted octanol–water partition coefficient (Wildman–Crippen LogP) is 6.46. The van der Waals surface area contributed by atoms with E-state index in [1.165, 1.54) is 30.6 Å². The number of amides is 1. The Bertz CT molecular complexity index is 1300. The number of thiazole rings is 1. The molecule has 1 aromatic heterocycles. The van der Waals surface area contributed by atoms with E-state index in [0.717, 1.165) is 40.8 Å². The first-order chi connectivity index (χ1) is 18.3. The van der Waals surface area contributed by atoms with E-state index in [9.17, 15) is 22.8 Å². The fraction of sp³-hybridized carbons (Fsp3) is 0.464. The summed E-state index contributed by atoms with van der Waals surface area (Å²) in [4.78, 5) is 29.3. The lowest BCUT2D eigenvalue weighted by atomic mass is 9.85. The van der Waals surface area contributed by atoms with E-state index < -0.39 is 12.8 Å². The van der Waals surface area contributed by atoms with Gasteiger partial charge in [0.2, 0.25) is 0 Å². The Kier molecular flexibility index (Phi) is 7.88. The van der Waals surface area contributed by atoms with Crippen LogP contribution in [0.1, 0.15) is 60.4 Å². The molecule has 2 aromatic carbocycles. The molecule has 5 rings (SSSR count). The van der Waals surface area contributed by atoms with E-state index in [1.54, 1.807) is 24.3 Å². The normalized spacial score (nSPS) is 20.1. The van der Waals surface area contributed by atoms with Crippen LogP contribution >= 0.6 is 11.3 Å². The van der Waals surface area contributed by atoms with Gasteiger partial charge in [0.05, 0.1) is 10.6 Å². The summed E-state index contributed by atoms with van der Waals surface area (Å²) >= 11 is 1.30. The number of hydrogen-bond donors (Lipinski definition) is 1. The van der Waals surface area contributed by atoms with E-state index in [1.807, 2.05) is 12.1 Å². The number of aromatic nitrogens is 1. The average Bonchev–Trinajstić information content (AvgIpc) is 3.29. The molecule has 0 atom stereocenters. The Balaban J connectivity index is 1.46. The van der Waals surface area contributed by atoms with Gasteiger partial charge in [-0.3, -0.25) is 9.59 Å². The topological polar surface area (TPSA) is 77.5 Å². The van der Waals surface area contributed by atoms with Crippen LogP contribution < -0.4 is 10.1 Å². The molecule has 2 fully saturated rings. The van der Waals surface area contributed by atoms with Gasteiger partial charge in [-0.2, -0.15) is 13.2 Å². The molecule has 2 saturated carbocycles. The SMILES string of the molecule is O=CO[C@H]1C[C@H](NC(=O)c2nc(CC3CCCCC3)c(-c3ccc(OCC(F)(F)F)c4ccccc34)s2)C1.